The second-order valence-corrected chi connectivity index (χ2v) is 4.09. The van der Waals surface area contributed by atoms with E-state index in [1.54, 1.807) is 0 Å². The first-order valence-electron chi connectivity index (χ1n) is 5.01. The lowest BCUT2D eigenvalue weighted by molar-refractivity contribution is 0.360. The zero-order valence-electron chi connectivity index (χ0n) is 8.89. The number of phenols is 1. The molecule has 1 aliphatic carbocycles. The van der Waals surface area contributed by atoms with Crippen LogP contribution in [0.25, 0.3) is 0 Å². The first kappa shape index (κ1) is 11.1. The summed E-state index contributed by atoms with van der Waals surface area (Å²) in [6.45, 7) is 0.160. The van der Waals surface area contributed by atoms with Crippen molar-refractivity contribution in [1.29, 1.82) is 0 Å². The molecule has 0 amide bonds. The summed E-state index contributed by atoms with van der Waals surface area (Å²) in [6, 6.07) is 0.931. The Labute approximate surface area is 91.8 Å². The Bertz CT molecular complexity index is 430. The van der Waals surface area contributed by atoms with E-state index < -0.39 is 22.8 Å². The van der Waals surface area contributed by atoms with Gasteiger partial charge in [-0.3, -0.25) is 0 Å². The van der Waals surface area contributed by atoms with Gasteiger partial charge in [0.1, 0.15) is 0 Å². The second-order valence-electron chi connectivity index (χ2n) is 4.09. The number of hydrogen-bond acceptors (Lipinski definition) is 3. The topological polar surface area (TPSA) is 55.5 Å². The molecule has 1 fully saturated rings. The Hall–Kier alpha value is -1.36. The van der Waals surface area contributed by atoms with Gasteiger partial charge in [0.25, 0.3) is 0 Å². The Kier molecular flexibility index (Phi) is 2.50. The largest absolute Gasteiger partial charge is 0.505 e. The maximum atomic E-state index is 13.9. The molecule has 5 heteroatoms. The van der Waals surface area contributed by atoms with Crippen molar-refractivity contribution in [1.82, 2.24) is 0 Å². The summed E-state index contributed by atoms with van der Waals surface area (Å²) in [7, 11) is 1.27. The fraction of sp³-hybridized carbons (Fsp3) is 0.455. The fourth-order valence-electron chi connectivity index (χ4n) is 1.92. The van der Waals surface area contributed by atoms with Crippen LogP contribution in [0.5, 0.6) is 11.5 Å². The molecule has 0 radical (unpaired) electrons. The molecule has 1 aromatic rings. The number of aromatic hydroxyl groups is 1. The molecule has 0 bridgehead atoms. The normalized spacial score (nSPS) is 17.2. The maximum absolute atomic E-state index is 13.9. The van der Waals surface area contributed by atoms with Crippen LogP contribution in [-0.2, 0) is 5.41 Å². The highest BCUT2D eigenvalue weighted by molar-refractivity contribution is 5.47. The third-order valence-corrected chi connectivity index (χ3v) is 3.14. The average Bonchev–Trinajstić information content (AvgIpc) is 3.05. The standard InChI is InChI=1S/C11H13F2NO2/c1-16-7-4-6(15)9(12)8(10(7)13)11(5-14)2-3-11/h4,15H,2-3,5,14H2,1H3. The first-order valence-corrected chi connectivity index (χ1v) is 5.01. The van der Waals surface area contributed by atoms with Crippen molar-refractivity contribution in [3.8, 4) is 11.5 Å². The molecular weight excluding hydrogens is 216 g/mol. The van der Waals surface area contributed by atoms with Crippen LogP contribution in [-0.4, -0.2) is 18.8 Å². The van der Waals surface area contributed by atoms with E-state index >= 15 is 0 Å². The molecule has 88 valence electrons. The quantitative estimate of drug-likeness (QED) is 0.828. The molecule has 1 saturated carbocycles. The van der Waals surface area contributed by atoms with Crippen LogP contribution in [0.15, 0.2) is 6.07 Å². The van der Waals surface area contributed by atoms with Crippen molar-refractivity contribution in [2.24, 2.45) is 5.73 Å². The molecule has 0 unspecified atom stereocenters. The molecule has 3 N–H and O–H groups in total. The summed E-state index contributed by atoms with van der Waals surface area (Å²) in [5.74, 6) is -2.46. The number of phenolic OH excluding ortho intramolecular Hbond substituents is 1. The monoisotopic (exact) mass is 229 g/mol. The number of benzene rings is 1. The fourth-order valence-corrected chi connectivity index (χ4v) is 1.92. The number of hydrogen-bond donors (Lipinski definition) is 2. The average molecular weight is 229 g/mol. The zero-order valence-corrected chi connectivity index (χ0v) is 8.89. The molecule has 2 rings (SSSR count). The van der Waals surface area contributed by atoms with E-state index in [0.29, 0.717) is 12.8 Å². The van der Waals surface area contributed by atoms with Crippen molar-refractivity contribution in [2.75, 3.05) is 13.7 Å². The van der Waals surface area contributed by atoms with Gasteiger partial charge in [0.2, 0.25) is 0 Å². The molecule has 1 aromatic carbocycles. The van der Waals surface area contributed by atoms with Gasteiger partial charge in [-0.1, -0.05) is 0 Å². The Balaban J connectivity index is 2.63. The van der Waals surface area contributed by atoms with E-state index in [9.17, 15) is 13.9 Å². The van der Waals surface area contributed by atoms with Crippen molar-refractivity contribution in [3.05, 3.63) is 23.3 Å². The first-order chi connectivity index (χ1) is 7.55. The minimum absolute atomic E-state index is 0.146. The van der Waals surface area contributed by atoms with Crippen LogP contribution in [0.2, 0.25) is 0 Å². The van der Waals surface area contributed by atoms with E-state index in [1.165, 1.54) is 7.11 Å². The van der Waals surface area contributed by atoms with E-state index in [0.717, 1.165) is 6.07 Å². The summed E-state index contributed by atoms with van der Waals surface area (Å²) in [6.07, 6.45) is 1.26. The lowest BCUT2D eigenvalue weighted by atomic mass is 9.94. The molecule has 0 spiro atoms. The lowest BCUT2D eigenvalue weighted by Gasteiger charge is -2.17. The van der Waals surface area contributed by atoms with Gasteiger partial charge in [-0.2, -0.15) is 0 Å². The van der Waals surface area contributed by atoms with Crippen LogP contribution in [0.1, 0.15) is 18.4 Å². The lowest BCUT2D eigenvalue weighted by Crippen LogP contribution is -2.23. The second kappa shape index (κ2) is 3.59. The van der Waals surface area contributed by atoms with Crippen LogP contribution in [0.4, 0.5) is 8.78 Å². The smallest absolute Gasteiger partial charge is 0.172 e. The van der Waals surface area contributed by atoms with Crippen molar-refractivity contribution in [2.45, 2.75) is 18.3 Å². The van der Waals surface area contributed by atoms with Crippen molar-refractivity contribution in [3.63, 3.8) is 0 Å². The highest BCUT2D eigenvalue weighted by Gasteiger charge is 2.48. The third kappa shape index (κ3) is 1.43. The van der Waals surface area contributed by atoms with E-state index in [4.69, 9.17) is 10.5 Å². The number of ether oxygens (including phenoxy) is 1. The minimum atomic E-state index is -0.929. The summed E-state index contributed by atoms with van der Waals surface area (Å²) >= 11 is 0. The van der Waals surface area contributed by atoms with E-state index in [2.05, 4.69) is 0 Å². The molecule has 1 aliphatic rings. The minimum Gasteiger partial charge on any atom is -0.505 e. The van der Waals surface area contributed by atoms with Crippen LogP contribution >= 0.6 is 0 Å². The predicted octanol–water partition coefficient (Wildman–Crippen LogP) is 1.67. The summed E-state index contributed by atoms with van der Waals surface area (Å²) in [5, 5.41) is 9.36. The van der Waals surface area contributed by atoms with Crippen LogP contribution < -0.4 is 10.5 Å². The van der Waals surface area contributed by atoms with Gasteiger partial charge in [-0.15, -0.1) is 0 Å². The van der Waals surface area contributed by atoms with Gasteiger partial charge >= 0.3 is 0 Å². The van der Waals surface area contributed by atoms with Gasteiger partial charge < -0.3 is 15.6 Å². The molecular formula is C11H13F2NO2. The van der Waals surface area contributed by atoms with Crippen LogP contribution in [0.3, 0.4) is 0 Å². The van der Waals surface area contributed by atoms with E-state index in [-0.39, 0.29) is 17.9 Å². The van der Waals surface area contributed by atoms with Gasteiger partial charge in [-0.25, -0.2) is 8.78 Å². The van der Waals surface area contributed by atoms with Crippen molar-refractivity contribution < 1.29 is 18.6 Å². The van der Waals surface area contributed by atoms with Crippen LogP contribution in [0, 0.1) is 11.6 Å². The molecule has 16 heavy (non-hydrogen) atoms. The van der Waals surface area contributed by atoms with Gasteiger partial charge in [0.05, 0.1) is 7.11 Å². The van der Waals surface area contributed by atoms with Crippen molar-refractivity contribution >= 4 is 0 Å². The number of halogens is 2. The number of nitrogens with two attached hydrogens (primary N) is 1. The maximum Gasteiger partial charge on any atom is 0.172 e. The Morgan fingerprint density at radius 2 is 2.06 bits per heavy atom. The SMILES string of the molecule is COc1cc(O)c(F)c(C2(CN)CC2)c1F. The summed E-state index contributed by atoms with van der Waals surface area (Å²) in [5.41, 5.74) is 4.71. The van der Waals surface area contributed by atoms with Gasteiger partial charge in [0, 0.05) is 23.6 Å². The Morgan fingerprint density at radius 1 is 1.44 bits per heavy atom. The molecule has 0 atom stereocenters. The number of methoxy groups -OCH3 is 1. The zero-order chi connectivity index (χ0) is 11.9. The highest BCUT2D eigenvalue weighted by Crippen LogP contribution is 2.51. The highest BCUT2D eigenvalue weighted by atomic mass is 19.1. The number of rotatable bonds is 3. The van der Waals surface area contributed by atoms with Gasteiger partial charge in [-0.05, 0) is 12.8 Å². The van der Waals surface area contributed by atoms with E-state index in [1.807, 2.05) is 0 Å². The molecule has 0 saturated heterocycles. The Morgan fingerprint density at radius 3 is 2.50 bits per heavy atom. The third-order valence-electron chi connectivity index (χ3n) is 3.14. The summed E-state index contributed by atoms with van der Waals surface area (Å²) < 4.78 is 32.4. The molecule has 0 aromatic heterocycles. The van der Waals surface area contributed by atoms with Gasteiger partial charge in [0.15, 0.2) is 23.1 Å². The predicted molar refractivity (Wildman–Crippen MR) is 54.5 cm³/mol. The molecule has 3 nitrogen and oxygen atoms in total. The molecule has 0 heterocycles. The summed E-state index contributed by atoms with van der Waals surface area (Å²) in [4.78, 5) is 0. The molecule has 0 aliphatic heterocycles.